The van der Waals surface area contributed by atoms with Crippen LogP contribution in [0.2, 0.25) is 0 Å². The monoisotopic (exact) mass is 204 g/mol. The van der Waals surface area contributed by atoms with Crippen LogP contribution in [0.4, 0.5) is 0 Å². The van der Waals surface area contributed by atoms with Crippen LogP contribution >= 0.6 is 0 Å². The highest BCUT2D eigenvalue weighted by atomic mass is 16.2. The van der Waals surface area contributed by atoms with Crippen LogP contribution in [0.1, 0.15) is 48.7 Å². The lowest BCUT2D eigenvalue weighted by Crippen LogP contribution is -2.27. The summed E-state index contributed by atoms with van der Waals surface area (Å²) in [4.78, 5) is 16.0. The van der Waals surface area contributed by atoms with E-state index in [9.17, 15) is 4.79 Å². The summed E-state index contributed by atoms with van der Waals surface area (Å²) in [6.45, 7) is 4.15. The lowest BCUT2D eigenvalue weighted by molar-refractivity contribution is 0.0944. The topological polar surface area (TPSA) is 42.0 Å². The van der Waals surface area contributed by atoms with Gasteiger partial charge in [-0.05, 0) is 30.4 Å². The van der Waals surface area contributed by atoms with E-state index < -0.39 is 0 Å². The van der Waals surface area contributed by atoms with Gasteiger partial charge in [0, 0.05) is 12.2 Å². The van der Waals surface area contributed by atoms with Crippen molar-refractivity contribution in [3.63, 3.8) is 0 Å². The van der Waals surface area contributed by atoms with Gasteiger partial charge in [0.15, 0.2) is 0 Å². The second kappa shape index (κ2) is 4.01. The molecule has 3 nitrogen and oxygen atoms in total. The van der Waals surface area contributed by atoms with Crippen LogP contribution in [-0.2, 0) is 0 Å². The van der Waals surface area contributed by atoms with Crippen molar-refractivity contribution in [2.45, 2.75) is 38.6 Å². The first-order valence-corrected chi connectivity index (χ1v) is 5.44. The number of nitrogens with one attached hydrogen (secondary N) is 1. The molecule has 3 heteroatoms. The number of hydrogen-bond acceptors (Lipinski definition) is 2. The van der Waals surface area contributed by atoms with E-state index in [1.165, 1.54) is 0 Å². The van der Waals surface area contributed by atoms with Crippen molar-refractivity contribution in [2.75, 3.05) is 0 Å². The smallest absolute Gasteiger partial charge is 0.270 e. The largest absolute Gasteiger partial charge is 0.348 e. The third kappa shape index (κ3) is 2.35. The Labute approximate surface area is 89.9 Å². The normalized spacial score (nSPS) is 15.4. The number of carbonyl (C=O) groups excluding carboxylic acids is 1. The first kappa shape index (κ1) is 10.1. The van der Waals surface area contributed by atoms with Gasteiger partial charge >= 0.3 is 0 Å². The number of aromatic nitrogens is 1. The molecule has 1 amide bonds. The Morgan fingerprint density at radius 3 is 2.87 bits per heavy atom. The van der Waals surface area contributed by atoms with E-state index in [0.29, 0.717) is 17.7 Å². The molecule has 1 heterocycles. The number of amides is 1. The van der Waals surface area contributed by atoms with Crippen molar-refractivity contribution >= 4 is 5.91 Å². The van der Waals surface area contributed by atoms with Crippen molar-refractivity contribution in [1.29, 1.82) is 0 Å². The molecule has 15 heavy (non-hydrogen) atoms. The zero-order valence-corrected chi connectivity index (χ0v) is 9.16. The number of nitrogens with zero attached hydrogens (tertiary/aromatic N) is 1. The van der Waals surface area contributed by atoms with Crippen LogP contribution in [-0.4, -0.2) is 16.9 Å². The highest BCUT2D eigenvalue weighted by Gasteiger charge is 2.25. The number of hydrogen-bond donors (Lipinski definition) is 1. The lowest BCUT2D eigenvalue weighted by atomic mass is 10.0. The van der Waals surface area contributed by atoms with E-state index in [1.54, 1.807) is 6.20 Å². The maximum atomic E-state index is 11.8. The third-order valence-corrected chi connectivity index (χ3v) is 2.59. The quantitative estimate of drug-likeness (QED) is 0.819. The number of rotatable bonds is 3. The molecule has 1 N–H and O–H groups in total. The number of carbonyl (C=O) groups is 1. The Morgan fingerprint density at radius 1 is 1.53 bits per heavy atom. The molecule has 1 saturated carbocycles. The Hall–Kier alpha value is -1.38. The van der Waals surface area contributed by atoms with Crippen molar-refractivity contribution in [2.24, 2.45) is 0 Å². The molecular weight excluding hydrogens is 188 g/mol. The summed E-state index contributed by atoms with van der Waals surface area (Å²) in [6, 6.07) is 4.24. The summed E-state index contributed by atoms with van der Waals surface area (Å²) >= 11 is 0. The van der Waals surface area contributed by atoms with Crippen LogP contribution in [0.5, 0.6) is 0 Å². The Balaban J connectivity index is 2.21. The molecule has 0 aromatic carbocycles. The summed E-state index contributed by atoms with van der Waals surface area (Å²) in [5.41, 5.74) is 1.61. The van der Waals surface area contributed by atoms with Crippen molar-refractivity contribution < 1.29 is 4.79 Å². The van der Waals surface area contributed by atoms with E-state index in [-0.39, 0.29) is 5.91 Å². The summed E-state index contributed by atoms with van der Waals surface area (Å²) in [5.74, 6) is 0.306. The van der Waals surface area contributed by atoms with Crippen molar-refractivity contribution in [1.82, 2.24) is 10.3 Å². The zero-order chi connectivity index (χ0) is 10.8. The first-order chi connectivity index (χ1) is 7.18. The Morgan fingerprint density at radius 2 is 2.27 bits per heavy atom. The standard InChI is InChI=1S/C12H16N2O/c1-8(2)10-4-3-7-13-11(10)12(15)14-9-5-6-9/h3-4,7-9H,5-6H2,1-2H3,(H,14,15). The summed E-state index contributed by atoms with van der Waals surface area (Å²) in [5, 5.41) is 2.96. The molecule has 1 aromatic rings. The maximum Gasteiger partial charge on any atom is 0.270 e. The molecule has 1 aliphatic rings. The van der Waals surface area contributed by atoms with E-state index in [4.69, 9.17) is 0 Å². The highest BCUT2D eigenvalue weighted by molar-refractivity contribution is 5.94. The predicted octanol–water partition coefficient (Wildman–Crippen LogP) is 2.10. The van der Waals surface area contributed by atoms with E-state index in [1.807, 2.05) is 12.1 Å². The van der Waals surface area contributed by atoms with Gasteiger partial charge in [0.05, 0.1) is 0 Å². The minimum atomic E-state index is -0.0261. The molecule has 1 aromatic heterocycles. The van der Waals surface area contributed by atoms with Crippen LogP contribution in [0.3, 0.4) is 0 Å². The second-order valence-corrected chi connectivity index (χ2v) is 4.34. The van der Waals surface area contributed by atoms with E-state index in [0.717, 1.165) is 18.4 Å². The summed E-state index contributed by atoms with van der Waals surface area (Å²) in [7, 11) is 0. The highest BCUT2D eigenvalue weighted by Crippen LogP contribution is 2.21. The predicted molar refractivity (Wildman–Crippen MR) is 58.8 cm³/mol. The van der Waals surface area contributed by atoms with Crippen LogP contribution in [0.15, 0.2) is 18.3 Å². The van der Waals surface area contributed by atoms with Gasteiger partial charge in [-0.2, -0.15) is 0 Å². The van der Waals surface area contributed by atoms with Crippen LogP contribution in [0, 0.1) is 0 Å². The zero-order valence-electron chi connectivity index (χ0n) is 9.16. The average Bonchev–Trinajstić information content (AvgIpc) is 3.01. The molecule has 0 radical (unpaired) electrons. The van der Waals surface area contributed by atoms with Gasteiger partial charge in [-0.3, -0.25) is 9.78 Å². The van der Waals surface area contributed by atoms with Crippen molar-refractivity contribution in [3.8, 4) is 0 Å². The first-order valence-electron chi connectivity index (χ1n) is 5.44. The molecule has 0 aliphatic heterocycles. The van der Waals surface area contributed by atoms with Gasteiger partial charge in [0.25, 0.3) is 5.91 Å². The van der Waals surface area contributed by atoms with Crippen LogP contribution < -0.4 is 5.32 Å². The minimum absolute atomic E-state index is 0.0261. The Kier molecular flexibility index (Phi) is 2.71. The van der Waals surface area contributed by atoms with Crippen LogP contribution in [0.25, 0.3) is 0 Å². The van der Waals surface area contributed by atoms with Gasteiger partial charge < -0.3 is 5.32 Å². The van der Waals surface area contributed by atoms with Gasteiger partial charge in [-0.25, -0.2) is 0 Å². The van der Waals surface area contributed by atoms with E-state index >= 15 is 0 Å². The fourth-order valence-electron chi connectivity index (χ4n) is 1.55. The van der Waals surface area contributed by atoms with Gasteiger partial charge in [0.1, 0.15) is 5.69 Å². The second-order valence-electron chi connectivity index (χ2n) is 4.34. The molecule has 0 spiro atoms. The fourth-order valence-corrected chi connectivity index (χ4v) is 1.55. The average molecular weight is 204 g/mol. The SMILES string of the molecule is CC(C)c1cccnc1C(=O)NC1CC1. The summed E-state index contributed by atoms with van der Waals surface area (Å²) in [6.07, 6.45) is 3.89. The molecule has 0 bridgehead atoms. The molecule has 1 fully saturated rings. The fraction of sp³-hybridized carbons (Fsp3) is 0.500. The molecule has 0 unspecified atom stereocenters. The molecular formula is C12H16N2O. The molecule has 1 aliphatic carbocycles. The van der Waals surface area contributed by atoms with E-state index in [2.05, 4.69) is 24.1 Å². The molecule has 2 rings (SSSR count). The van der Waals surface area contributed by atoms with Gasteiger partial charge in [0.2, 0.25) is 0 Å². The van der Waals surface area contributed by atoms with Crippen molar-refractivity contribution in [3.05, 3.63) is 29.6 Å². The molecule has 0 saturated heterocycles. The van der Waals surface area contributed by atoms with Gasteiger partial charge in [-0.1, -0.05) is 19.9 Å². The third-order valence-electron chi connectivity index (χ3n) is 2.59. The minimum Gasteiger partial charge on any atom is -0.348 e. The summed E-state index contributed by atoms with van der Waals surface area (Å²) < 4.78 is 0. The van der Waals surface area contributed by atoms with Gasteiger partial charge in [-0.15, -0.1) is 0 Å². The number of pyridine rings is 1. The lowest BCUT2D eigenvalue weighted by Gasteiger charge is -2.10. The maximum absolute atomic E-state index is 11.8. The Bertz CT molecular complexity index is 370. The molecule has 80 valence electrons. The molecule has 0 atom stereocenters.